The lowest BCUT2D eigenvalue weighted by atomic mass is 10.1. The van der Waals surface area contributed by atoms with E-state index in [1.165, 1.54) is 6.07 Å². The van der Waals surface area contributed by atoms with E-state index in [4.69, 9.17) is 27.8 Å². The Hall–Kier alpha value is -1.46. The van der Waals surface area contributed by atoms with Crippen molar-refractivity contribution in [2.24, 2.45) is 5.73 Å². The number of hydrogen-bond donors (Lipinski definition) is 3. The number of anilines is 2. The van der Waals surface area contributed by atoms with Crippen molar-refractivity contribution in [1.82, 2.24) is 0 Å². The second-order valence-corrected chi connectivity index (χ2v) is 4.94. The zero-order valence-corrected chi connectivity index (χ0v) is 12.5. The molecule has 0 fully saturated rings. The number of nitrogens with two attached hydrogens (primary N) is 2. The molecule has 5 nitrogen and oxygen atoms in total. The van der Waals surface area contributed by atoms with Crippen LogP contribution >= 0.6 is 11.6 Å². The molecule has 0 aromatic heterocycles. The highest BCUT2D eigenvalue weighted by atomic mass is 35.5. The van der Waals surface area contributed by atoms with E-state index >= 15 is 0 Å². The first-order chi connectivity index (χ1) is 9.56. The monoisotopic (exact) mass is 299 g/mol. The minimum atomic E-state index is -0.555. The molecule has 0 aliphatic heterocycles. The number of ether oxygens (including phenoxy) is 1. The van der Waals surface area contributed by atoms with Gasteiger partial charge in [0.15, 0.2) is 0 Å². The second kappa shape index (κ2) is 8.66. The largest absolute Gasteiger partial charge is 0.399 e. The van der Waals surface area contributed by atoms with Gasteiger partial charge in [0.2, 0.25) is 0 Å². The highest BCUT2D eigenvalue weighted by Crippen LogP contribution is 2.28. The molecule has 5 N–H and O–H groups in total. The van der Waals surface area contributed by atoms with Crippen molar-refractivity contribution in [3.8, 4) is 0 Å². The molecule has 0 saturated carbocycles. The molecular formula is C14H22ClN3O2. The zero-order chi connectivity index (χ0) is 15.0. The van der Waals surface area contributed by atoms with Crippen LogP contribution in [0.4, 0.5) is 11.4 Å². The summed E-state index contributed by atoms with van der Waals surface area (Å²) in [5.74, 6) is -0.555. The molecule has 0 aliphatic rings. The maximum atomic E-state index is 11.4. The molecule has 0 spiro atoms. The highest BCUT2D eigenvalue weighted by Gasteiger charge is 2.12. The SMILES string of the molecule is CCCCOCCCNc1c(Cl)cc(N)cc1C(N)=O. The van der Waals surface area contributed by atoms with E-state index in [1.807, 2.05) is 0 Å². The summed E-state index contributed by atoms with van der Waals surface area (Å²) in [6, 6.07) is 3.11. The fourth-order valence-electron chi connectivity index (χ4n) is 1.74. The third-order valence-corrected chi connectivity index (χ3v) is 3.09. The van der Waals surface area contributed by atoms with E-state index in [1.54, 1.807) is 6.07 Å². The topological polar surface area (TPSA) is 90.4 Å². The molecule has 1 amide bonds. The van der Waals surface area contributed by atoms with Crippen LogP contribution in [0.1, 0.15) is 36.5 Å². The molecule has 6 heteroatoms. The molecule has 0 radical (unpaired) electrons. The van der Waals surface area contributed by atoms with Crippen molar-refractivity contribution < 1.29 is 9.53 Å². The highest BCUT2D eigenvalue weighted by molar-refractivity contribution is 6.34. The van der Waals surface area contributed by atoms with Crippen LogP contribution in [0.2, 0.25) is 5.02 Å². The van der Waals surface area contributed by atoms with Gasteiger partial charge in [-0.1, -0.05) is 24.9 Å². The van der Waals surface area contributed by atoms with Crippen molar-refractivity contribution >= 4 is 28.9 Å². The number of halogens is 1. The van der Waals surface area contributed by atoms with Gasteiger partial charge in [0.1, 0.15) is 0 Å². The van der Waals surface area contributed by atoms with Crippen LogP contribution in [0.15, 0.2) is 12.1 Å². The molecule has 20 heavy (non-hydrogen) atoms. The molecule has 0 saturated heterocycles. The third-order valence-electron chi connectivity index (χ3n) is 2.79. The molecule has 1 aromatic rings. The number of amides is 1. The van der Waals surface area contributed by atoms with Gasteiger partial charge in [-0.3, -0.25) is 4.79 Å². The number of primary amides is 1. The van der Waals surface area contributed by atoms with E-state index in [9.17, 15) is 4.79 Å². The quantitative estimate of drug-likeness (QED) is 0.483. The van der Waals surface area contributed by atoms with E-state index in [0.717, 1.165) is 25.9 Å². The van der Waals surface area contributed by atoms with Gasteiger partial charge < -0.3 is 21.5 Å². The number of nitrogen functional groups attached to an aromatic ring is 1. The summed E-state index contributed by atoms with van der Waals surface area (Å²) < 4.78 is 5.45. The maximum Gasteiger partial charge on any atom is 0.250 e. The lowest BCUT2D eigenvalue weighted by Gasteiger charge is -2.13. The van der Waals surface area contributed by atoms with Crippen molar-refractivity contribution in [3.63, 3.8) is 0 Å². The third kappa shape index (κ3) is 5.27. The predicted octanol–water partition coefficient (Wildman–Crippen LogP) is 2.64. The molecule has 0 bridgehead atoms. The minimum absolute atomic E-state index is 0.307. The number of rotatable bonds is 9. The Morgan fingerprint density at radius 1 is 1.35 bits per heavy atom. The van der Waals surface area contributed by atoms with Gasteiger partial charge in [0.05, 0.1) is 16.3 Å². The van der Waals surface area contributed by atoms with Crippen LogP contribution in [0, 0.1) is 0 Å². The summed E-state index contributed by atoms with van der Waals surface area (Å²) >= 11 is 6.08. The number of carbonyl (C=O) groups is 1. The van der Waals surface area contributed by atoms with Crippen molar-refractivity contribution in [1.29, 1.82) is 0 Å². The molecule has 1 rings (SSSR count). The van der Waals surface area contributed by atoms with Gasteiger partial charge in [0, 0.05) is 25.4 Å². The summed E-state index contributed by atoms with van der Waals surface area (Å²) in [4.78, 5) is 11.4. The normalized spacial score (nSPS) is 10.5. The number of carbonyl (C=O) groups excluding carboxylic acids is 1. The lowest BCUT2D eigenvalue weighted by Crippen LogP contribution is -2.16. The van der Waals surface area contributed by atoms with Gasteiger partial charge >= 0.3 is 0 Å². The number of hydrogen-bond acceptors (Lipinski definition) is 4. The number of unbranched alkanes of at least 4 members (excludes halogenated alkanes) is 1. The van der Waals surface area contributed by atoms with Gasteiger partial charge in [-0.05, 0) is 25.0 Å². The van der Waals surface area contributed by atoms with Gasteiger partial charge in [-0.25, -0.2) is 0 Å². The van der Waals surface area contributed by atoms with Crippen molar-refractivity contribution in [2.75, 3.05) is 30.8 Å². The van der Waals surface area contributed by atoms with Gasteiger partial charge in [0.25, 0.3) is 5.91 Å². The first-order valence-electron chi connectivity index (χ1n) is 6.76. The van der Waals surface area contributed by atoms with Crippen LogP contribution < -0.4 is 16.8 Å². The van der Waals surface area contributed by atoms with Gasteiger partial charge in [-0.15, -0.1) is 0 Å². The fraction of sp³-hybridized carbons (Fsp3) is 0.500. The smallest absolute Gasteiger partial charge is 0.250 e. The Morgan fingerprint density at radius 3 is 2.70 bits per heavy atom. The molecule has 0 heterocycles. The summed E-state index contributed by atoms with van der Waals surface area (Å²) in [5, 5.41) is 3.51. The Labute approximate surface area is 124 Å². The fourth-order valence-corrected chi connectivity index (χ4v) is 2.03. The molecule has 112 valence electrons. The number of benzene rings is 1. The van der Waals surface area contributed by atoms with Crippen molar-refractivity contribution in [2.45, 2.75) is 26.2 Å². The average Bonchev–Trinajstić information content (AvgIpc) is 2.39. The Kier molecular flexibility index (Phi) is 7.18. The van der Waals surface area contributed by atoms with Crippen LogP contribution in [0.25, 0.3) is 0 Å². The van der Waals surface area contributed by atoms with Crippen LogP contribution in [-0.4, -0.2) is 25.7 Å². The molecule has 0 unspecified atom stereocenters. The van der Waals surface area contributed by atoms with E-state index in [0.29, 0.717) is 35.1 Å². The molecule has 1 aromatic carbocycles. The summed E-state index contributed by atoms with van der Waals surface area (Å²) in [6.45, 7) is 4.23. The Balaban J connectivity index is 2.49. The van der Waals surface area contributed by atoms with Crippen LogP contribution in [0.3, 0.4) is 0 Å². The molecule has 0 aliphatic carbocycles. The minimum Gasteiger partial charge on any atom is -0.399 e. The Bertz CT molecular complexity index is 452. The lowest BCUT2D eigenvalue weighted by molar-refractivity contribution is 0.100. The first kappa shape index (κ1) is 16.6. The summed E-state index contributed by atoms with van der Waals surface area (Å²) in [5.41, 5.74) is 12.2. The summed E-state index contributed by atoms with van der Waals surface area (Å²) in [7, 11) is 0. The standard InChI is InChI=1S/C14H22ClN3O2/c1-2-3-6-20-7-4-5-18-13-11(14(17)19)8-10(16)9-12(13)15/h8-9,18H,2-7,16H2,1H3,(H2,17,19). The molecular weight excluding hydrogens is 278 g/mol. The first-order valence-corrected chi connectivity index (χ1v) is 7.14. The van der Waals surface area contributed by atoms with E-state index in [2.05, 4.69) is 12.2 Å². The zero-order valence-electron chi connectivity index (χ0n) is 11.7. The van der Waals surface area contributed by atoms with Gasteiger partial charge in [-0.2, -0.15) is 0 Å². The second-order valence-electron chi connectivity index (χ2n) is 4.54. The van der Waals surface area contributed by atoms with Crippen LogP contribution in [-0.2, 0) is 4.74 Å². The Morgan fingerprint density at radius 2 is 2.05 bits per heavy atom. The average molecular weight is 300 g/mol. The van der Waals surface area contributed by atoms with E-state index in [-0.39, 0.29) is 0 Å². The van der Waals surface area contributed by atoms with Crippen molar-refractivity contribution in [3.05, 3.63) is 22.7 Å². The molecule has 0 atom stereocenters. The maximum absolute atomic E-state index is 11.4. The predicted molar refractivity (Wildman–Crippen MR) is 83.2 cm³/mol. The summed E-state index contributed by atoms with van der Waals surface area (Å²) in [6.07, 6.45) is 3.02. The number of nitrogens with one attached hydrogen (secondary N) is 1. The van der Waals surface area contributed by atoms with E-state index < -0.39 is 5.91 Å². The van der Waals surface area contributed by atoms with Crippen LogP contribution in [0.5, 0.6) is 0 Å².